The first kappa shape index (κ1) is 24.9. The fourth-order valence-corrected chi connectivity index (χ4v) is 4.08. The first-order valence-electron chi connectivity index (χ1n) is 11.1. The van der Waals surface area contributed by atoms with Crippen LogP contribution in [0.4, 0.5) is 4.39 Å². The first-order chi connectivity index (χ1) is 16.9. The van der Waals surface area contributed by atoms with Gasteiger partial charge in [0.25, 0.3) is 5.91 Å². The number of halogens is 3. The van der Waals surface area contributed by atoms with Crippen molar-refractivity contribution in [3.8, 4) is 0 Å². The van der Waals surface area contributed by atoms with Crippen molar-refractivity contribution in [3.63, 3.8) is 0 Å². The molecule has 1 heterocycles. The highest BCUT2D eigenvalue weighted by molar-refractivity contribution is 6.42. The van der Waals surface area contributed by atoms with Gasteiger partial charge in [-0.25, -0.2) is 9.37 Å². The lowest BCUT2D eigenvalue weighted by Gasteiger charge is -2.22. The van der Waals surface area contributed by atoms with Crippen molar-refractivity contribution >= 4 is 29.1 Å². The minimum atomic E-state index is -0.320. The molecule has 0 saturated carbocycles. The van der Waals surface area contributed by atoms with Crippen LogP contribution in [0.2, 0.25) is 10.0 Å². The number of carbonyl (C=O) groups excluding carboxylic acids is 1. The molecule has 4 rings (SSSR count). The summed E-state index contributed by atoms with van der Waals surface area (Å²) in [5.74, 6) is -0.242. The highest BCUT2D eigenvalue weighted by atomic mass is 35.5. The Labute approximate surface area is 213 Å². The van der Waals surface area contributed by atoms with Gasteiger partial charge in [0.2, 0.25) is 5.89 Å². The lowest BCUT2D eigenvalue weighted by molar-refractivity contribution is 0.0934. The van der Waals surface area contributed by atoms with Crippen LogP contribution >= 0.6 is 23.2 Å². The van der Waals surface area contributed by atoms with E-state index in [-0.39, 0.29) is 23.5 Å². The Morgan fingerprint density at radius 2 is 1.74 bits per heavy atom. The Hall–Kier alpha value is -3.19. The molecule has 0 bridgehead atoms. The lowest BCUT2D eigenvalue weighted by atomic mass is 10.1. The number of carbonyl (C=O) groups is 1. The summed E-state index contributed by atoms with van der Waals surface area (Å²) in [4.78, 5) is 19.1. The lowest BCUT2D eigenvalue weighted by Crippen LogP contribution is -2.27. The Morgan fingerprint density at radius 1 is 1.00 bits per heavy atom. The van der Waals surface area contributed by atoms with E-state index in [9.17, 15) is 9.18 Å². The van der Waals surface area contributed by atoms with Gasteiger partial charge in [0, 0.05) is 13.1 Å². The molecule has 0 spiro atoms. The second-order valence-corrected chi connectivity index (χ2v) is 9.00. The third kappa shape index (κ3) is 6.69. The van der Waals surface area contributed by atoms with Gasteiger partial charge in [-0.15, -0.1) is 0 Å². The normalized spacial score (nSPS) is 12.0. The molecule has 0 aliphatic rings. The van der Waals surface area contributed by atoms with Gasteiger partial charge in [0.1, 0.15) is 12.1 Å². The van der Waals surface area contributed by atoms with Gasteiger partial charge >= 0.3 is 0 Å². The molecule has 0 aliphatic heterocycles. The maximum Gasteiger partial charge on any atom is 0.273 e. The third-order valence-electron chi connectivity index (χ3n) is 5.54. The molecule has 0 unspecified atom stereocenters. The van der Waals surface area contributed by atoms with Crippen LogP contribution in [-0.2, 0) is 19.6 Å². The SMILES string of the molecule is C[C@H](NC(=O)c1coc(CN(Cc2ccc(F)cc2)Cc2cccc(Cl)c2Cl)n1)c1ccccc1. The van der Waals surface area contributed by atoms with Crippen LogP contribution in [0.1, 0.15) is 46.0 Å². The molecule has 0 saturated heterocycles. The van der Waals surface area contributed by atoms with Gasteiger partial charge in [0.15, 0.2) is 5.69 Å². The van der Waals surface area contributed by atoms with E-state index in [4.69, 9.17) is 27.6 Å². The second kappa shape index (κ2) is 11.5. The molecule has 4 aromatic rings. The standard InChI is InChI=1S/C27H24Cl2FN3O2/c1-18(20-6-3-2-4-7-20)31-27(34)24-17-35-25(32-24)16-33(14-19-10-12-22(30)13-11-19)15-21-8-5-9-23(28)26(21)29/h2-13,17-18H,14-16H2,1H3,(H,31,34)/t18-/m0/s1. The number of aromatic nitrogens is 1. The Kier molecular flexibility index (Phi) is 8.18. The Balaban J connectivity index is 1.48. The monoisotopic (exact) mass is 511 g/mol. The van der Waals surface area contributed by atoms with Crippen molar-refractivity contribution in [2.75, 3.05) is 0 Å². The van der Waals surface area contributed by atoms with Gasteiger partial charge in [-0.1, -0.05) is 77.8 Å². The van der Waals surface area contributed by atoms with E-state index in [1.165, 1.54) is 18.4 Å². The number of hydrogen-bond donors (Lipinski definition) is 1. The van der Waals surface area contributed by atoms with E-state index < -0.39 is 0 Å². The van der Waals surface area contributed by atoms with Crippen molar-refractivity contribution in [1.82, 2.24) is 15.2 Å². The molecule has 0 radical (unpaired) electrons. The first-order valence-corrected chi connectivity index (χ1v) is 11.8. The molecule has 35 heavy (non-hydrogen) atoms. The van der Waals surface area contributed by atoms with Crippen molar-refractivity contribution in [2.45, 2.75) is 32.6 Å². The zero-order valence-corrected chi connectivity index (χ0v) is 20.6. The van der Waals surface area contributed by atoms with Gasteiger partial charge < -0.3 is 9.73 Å². The molecule has 1 aromatic heterocycles. The number of rotatable bonds is 9. The predicted molar refractivity (Wildman–Crippen MR) is 135 cm³/mol. The molecule has 180 valence electrons. The van der Waals surface area contributed by atoms with Crippen LogP contribution in [-0.4, -0.2) is 15.8 Å². The van der Waals surface area contributed by atoms with E-state index in [1.54, 1.807) is 18.2 Å². The smallest absolute Gasteiger partial charge is 0.273 e. The van der Waals surface area contributed by atoms with Crippen LogP contribution in [0.15, 0.2) is 83.5 Å². The maximum absolute atomic E-state index is 13.4. The summed E-state index contributed by atoms with van der Waals surface area (Å²) < 4.78 is 19.0. The van der Waals surface area contributed by atoms with Gasteiger partial charge in [-0.3, -0.25) is 9.69 Å². The topological polar surface area (TPSA) is 58.4 Å². The highest BCUT2D eigenvalue weighted by Crippen LogP contribution is 2.27. The number of hydrogen-bond acceptors (Lipinski definition) is 4. The van der Waals surface area contributed by atoms with Crippen molar-refractivity contribution in [1.29, 1.82) is 0 Å². The van der Waals surface area contributed by atoms with E-state index in [0.29, 0.717) is 35.6 Å². The number of nitrogens with zero attached hydrogens (tertiary/aromatic N) is 2. The average Bonchev–Trinajstić information content (AvgIpc) is 3.32. The summed E-state index contributed by atoms with van der Waals surface area (Å²) >= 11 is 12.6. The molecule has 3 aromatic carbocycles. The van der Waals surface area contributed by atoms with Crippen LogP contribution in [0.3, 0.4) is 0 Å². The summed E-state index contributed by atoms with van der Waals surface area (Å²) in [6.07, 6.45) is 1.35. The minimum absolute atomic E-state index is 0.177. The molecule has 1 atom stereocenters. The summed E-state index contributed by atoms with van der Waals surface area (Å²) in [6, 6.07) is 21.2. The van der Waals surface area contributed by atoms with Crippen LogP contribution in [0, 0.1) is 5.82 Å². The fourth-order valence-electron chi connectivity index (χ4n) is 3.70. The number of nitrogens with one attached hydrogen (secondary N) is 1. The number of oxazole rings is 1. The molecule has 8 heteroatoms. The van der Waals surface area contributed by atoms with E-state index in [2.05, 4.69) is 10.3 Å². The predicted octanol–water partition coefficient (Wildman–Crippen LogP) is 6.81. The number of benzene rings is 3. The minimum Gasteiger partial charge on any atom is -0.447 e. The Morgan fingerprint density at radius 3 is 2.49 bits per heavy atom. The Bertz CT molecular complexity index is 1280. The molecular weight excluding hydrogens is 488 g/mol. The van der Waals surface area contributed by atoms with E-state index in [0.717, 1.165) is 16.7 Å². The summed E-state index contributed by atoms with van der Waals surface area (Å²) in [5, 5.41) is 3.87. The fraction of sp³-hybridized carbons (Fsp3) is 0.185. The quantitative estimate of drug-likeness (QED) is 0.268. The molecule has 1 amide bonds. The maximum atomic E-state index is 13.4. The molecule has 0 fully saturated rings. The zero-order chi connectivity index (χ0) is 24.8. The number of amides is 1. The van der Waals surface area contributed by atoms with Crippen LogP contribution in [0.5, 0.6) is 0 Å². The van der Waals surface area contributed by atoms with Gasteiger partial charge in [-0.05, 0) is 41.8 Å². The molecule has 0 aliphatic carbocycles. The summed E-state index contributed by atoms with van der Waals surface area (Å²) in [7, 11) is 0. The molecule has 5 nitrogen and oxygen atoms in total. The highest BCUT2D eigenvalue weighted by Gasteiger charge is 2.18. The van der Waals surface area contributed by atoms with Crippen molar-refractivity contribution in [2.24, 2.45) is 0 Å². The van der Waals surface area contributed by atoms with Crippen molar-refractivity contribution in [3.05, 3.63) is 123 Å². The van der Waals surface area contributed by atoms with Gasteiger partial charge in [-0.2, -0.15) is 0 Å². The van der Waals surface area contributed by atoms with Crippen molar-refractivity contribution < 1.29 is 13.6 Å². The van der Waals surface area contributed by atoms with Crippen LogP contribution < -0.4 is 5.32 Å². The summed E-state index contributed by atoms with van der Waals surface area (Å²) in [5.41, 5.74) is 2.94. The molecular formula is C27H24Cl2FN3O2. The second-order valence-electron chi connectivity index (χ2n) is 8.22. The summed E-state index contributed by atoms with van der Waals surface area (Å²) in [6.45, 7) is 3.15. The molecule has 1 N–H and O–H groups in total. The third-order valence-corrected chi connectivity index (χ3v) is 6.39. The van der Waals surface area contributed by atoms with Gasteiger partial charge in [0.05, 0.1) is 22.6 Å². The zero-order valence-electron chi connectivity index (χ0n) is 19.0. The average molecular weight is 512 g/mol. The van der Waals surface area contributed by atoms with Crippen LogP contribution in [0.25, 0.3) is 0 Å². The largest absolute Gasteiger partial charge is 0.447 e. The van der Waals surface area contributed by atoms with E-state index in [1.807, 2.05) is 54.3 Å². The van der Waals surface area contributed by atoms with E-state index >= 15 is 0 Å².